The monoisotopic (exact) mass is 249 g/mol. The van der Waals surface area contributed by atoms with Crippen molar-refractivity contribution in [3.05, 3.63) is 29.3 Å². The minimum atomic E-state index is 0.0466. The molecule has 1 aromatic carbocycles. The molecule has 2 rings (SSSR count). The Balaban J connectivity index is 2.05. The molecule has 1 fully saturated rings. The molecule has 0 heterocycles. The van der Waals surface area contributed by atoms with Crippen LogP contribution in [-0.4, -0.2) is 11.9 Å². The minimum Gasteiger partial charge on any atom is -0.349 e. The molecule has 1 N–H and O–H groups in total. The van der Waals surface area contributed by atoms with E-state index in [0.29, 0.717) is 6.04 Å². The fourth-order valence-corrected chi connectivity index (χ4v) is 2.57. The first-order valence-electron chi connectivity index (χ1n) is 6.27. The van der Waals surface area contributed by atoms with Gasteiger partial charge in [-0.2, -0.15) is 0 Å². The first-order valence-corrected chi connectivity index (χ1v) is 6.72. The van der Waals surface area contributed by atoms with Gasteiger partial charge in [-0.05, 0) is 37.5 Å². The lowest BCUT2D eigenvalue weighted by molar-refractivity contribution is 0.0927. The van der Waals surface area contributed by atoms with Crippen LogP contribution >= 0.6 is 12.6 Å². The molecule has 0 radical (unpaired) electrons. The molecule has 0 spiro atoms. The van der Waals surface area contributed by atoms with Gasteiger partial charge in [0.2, 0.25) is 0 Å². The van der Waals surface area contributed by atoms with E-state index in [9.17, 15) is 4.79 Å². The molecule has 1 saturated carbocycles. The normalized spacial score (nSPS) is 16.8. The first kappa shape index (κ1) is 12.5. The summed E-state index contributed by atoms with van der Waals surface area (Å²) >= 11 is 4.28. The Morgan fingerprint density at radius 3 is 2.71 bits per heavy atom. The van der Waals surface area contributed by atoms with E-state index in [1.165, 1.54) is 19.3 Å². The highest BCUT2D eigenvalue weighted by atomic mass is 32.1. The van der Waals surface area contributed by atoms with E-state index in [1.807, 2.05) is 25.1 Å². The van der Waals surface area contributed by atoms with Gasteiger partial charge in [0.15, 0.2) is 0 Å². The van der Waals surface area contributed by atoms with E-state index in [0.717, 1.165) is 28.9 Å². The van der Waals surface area contributed by atoms with Gasteiger partial charge in [0.1, 0.15) is 0 Å². The molecule has 17 heavy (non-hydrogen) atoms. The largest absolute Gasteiger partial charge is 0.349 e. The number of aryl methyl sites for hydroxylation is 1. The predicted octanol–water partition coefficient (Wildman–Crippen LogP) is 3.35. The summed E-state index contributed by atoms with van der Waals surface area (Å²) in [6.07, 6.45) is 6.00. The number of carbonyl (C=O) groups excluding carboxylic acids is 1. The van der Waals surface area contributed by atoms with Gasteiger partial charge in [0, 0.05) is 16.5 Å². The van der Waals surface area contributed by atoms with Crippen molar-refractivity contribution in [3.63, 3.8) is 0 Å². The summed E-state index contributed by atoms with van der Waals surface area (Å²) in [5.41, 5.74) is 1.76. The van der Waals surface area contributed by atoms with E-state index in [-0.39, 0.29) is 5.91 Å². The zero-order chi connectivity index (χ0) is 12.3. The zero-order valence-electron chi connectivity index (χ0n) is 10.2. The number of rotatable bonds is 2. The Bertz CT molecular complexity index is 411. The average Bonchev–Trinajstić information content (AvgIpc) is 2.33. The molecule has 1 aliphatic rings. The Kier molecular flexibility index (Phi) is 4.11. The standard InChI is InChI=1S/C14H19NOS/c1-10-7-8-12(17)9-13(10)14(16)15-11-5-3-2-4-6-11/h7-9,11,17H,2-6H2,1H3,(H,15,16). The number of benzene rings is 1. The molecule has 1 aliphatic carbocycles. The number of hydrogen-bond donors (Lipinski definition) is 2. The van der Waals surface area contributed by atoms with Crippen LogP contribution in [0.3, 0.4) is 0 Å². The Labute approximate surface area is 108 Å². The number of amides is 1. The molecule has 0 saturated heterocycles. The molecular weight excluding hydrogens is 230 g/mol. The number of nitrogens with one attached hydrogen (secondary N) is 1. The molecule has 0 unspecified atom stereocenters. The summed E-state index contributed by atoms with van der Waals surface area (Å²) in [6.45, 7) is 1.96. The fraction of sp³-hybridized carbons (Fsp3) is 0.500. The van der Waals surface area contributed by atoms with E-state index in [2.05, 4.69) is 17.9 Å². The van der Waals surface area contributed by atoms with Crippen LogP contribution in [0.25, 0.3) is 0 Å². The Hall–Kier alpha value is -0.960. The predicted molar refractivity (Wildman–Crippen MR) is 72.8 cm³/mol. The van der Waals surface area contributed by atoms with Crippen LogP contribution < -0.4 is 5.32 Å². The van der Waals surface area contributed by atoms with Gasteiger partial charge < -0.3 is 5.32 Å². The molecule has 0 aliphatic heterocycles. The van der Waals surface area contributed by atoms with Crippen LogP contribution in [0.15, 0.2) is 23.1 Å². The van der Waals surface area contributed by atoms with Gasteiger partial charge in [-0.1, -0.05) is 25.3 Å². The van der Waals surface area contributed by atoms with Gasteiger partial charge >= 0.3 is 0 Å². The summed E-state index contributed by atoms with van der Waals surface area (Å²) < 4.78 is 0. The average molecular weight is 249 g/mol. The van der Waals surface area contributed by atoms with Gasteiger partial charge in [-0.25, -0.2) is 0 Å². The third kappa shape index (κ3) is 3.25. The van der Waals surface area contributed by atoms with Crippen LogP contribution in [-0.2, 0) is 0 Å². The summed E-state index contributed by atoms with van der Waals surface area (Å²) in [6, 6.07) is 6.06. The highest BCUT2D eigenvalue weighted by molar-refractivity contribution is 7.80. The molecule has 1 amide bonds. The Morgan fingerprint density at radius 2 is 2.00 bits per heavy atom. The molecule has 3 heteroatoms. The lowest BCUT2D eigenvalue weighted by Gasteiger charge is -2.23. The number of hydrogen-bond acceptors (Lipinski definition) is 2. The molecular formula is C14H19NOS. The molecule has 0 atom stereocenters. The maximum Gasteiger partial charge on any atom is 0.251 e. The van der Waals surface area contributed by atoms with E-state index < -0.39 is 0 Å². The van der Waals surface area contributed by atoms with Crippen molar-refractivity contribution in [1.29, 1.82) is 0 Å². The number of thiol groups is 1. The van der Waals surface area contributed by atoms with Crippen molar-refractivity contribution >= 4 is 18.5 Å². The maximum absolute atomic E-state index is 12.1. The quantitative estimate of drug-likeness (QED) is 0.773. The van der Waals surface area contributed by atoms with Crippen LogP contribution in [0.5, 0.6) is 0 Å². The van der Waals surface area contributed by atoms with Gasteiger partial charge in [-0.15, -0.1) is 12.6 Å². The maximum atomic E-state index is 12.1. The second kappa shape index (κ2) is 5.58. The van der Waals surface area contributed by atoms with E-state index >= 15 is 0 Å². The molecule has 2 nitrogen and oxygen atoms in total. The topological polar surface area (TPSA) is 29.1 Å². The fourth-order valence-electron chi connectivity index (χ4n) is 2.36. The highest BCUT2D eigenvalue weighted by Gasteiger charge is 2.17. The zero-order valence-corrected chi connectivity index (χ0v) is 11.1. The van der Waals surface area contributed by atoms with Crippen molar-refractivity contribution in [2.24, 2.45) is 0 Å². The van der Waals surface area contributed by atoms with Crippen molar-refractivity contribution in [2.45, 2.75) is 50.0 Å². The van der Waals surface area contributed by atoms with Gasteiger partial charge in [-0.3, -0.25) is 4.79 Å². The summed E-state index contributed by atoms with van der Waals surface area (Å²) in [5.74, 6) is 0.0466. The summed E-state index contributed by atoms with van der Waals surface area (Å²) in [5, 5.41) is 3.13. The van der Waals surface area contributed by atoms with Gasteiger partial charge in [0.25, 0.3) is 5.91 Å². The first-order chi connectivity index (χ1) is 8.16. The smallest absolute Gasteiger partial charge is 0.251 e. The van der Waals surface area contributed by atoms with E-state index in [1.54, 1.807) is 0 Å². The highest BCUT2D eigenvalue weighted by Crippen LogP contribution is 2.19. The Morgan fingerprint density at radius 1 is 1.29 bits per heavy atom. The van der Waals surface area contributed by atoms with Crippen LogP contribution in [0.4, 0.5) is 0 Å². The molecule has 0 aromatic heterocycles. The lowest BCUT2D eigenvalue weighted by atomic mass is 9.95. The van der Waals surface area contributed by atoms with Crippen LogP contribution in [0.1, 0.15) is 48.0 Å². The van der Waals surface area contributed by atoms with E-state index in [4.69, 9.17) is 0 Å². The molecule has 0 bridgehead atoms. The second-order valence-electron chi connectivity index (χ2n) is 4.81. The third-order valence-electron chi connectivity index (χ3n) is 3.41. The third-order valence-corrected chi connectivity index (χ3v) is 3.68. The SMILES string of the molecule is Cc1ccc(S)cc1C(=O)NC1CCCCC1. The van der Waals surface area contributed by atoms with Crippen molar-refractivity contribution in [1.82, 2.24) is 5.32 Å². The van der Waals surface area contributed by atoms with Crippen molar-refractivity contribution in [3.8, 4) is 0 Å². The lowest BCUT2D eigenvalue weighted by Crippen LogP contribution is -2.36. The van der Waals surface area contributed by atoms with Crippen LogP contribution in [0.2, 0.25) is 0 Å². The number of carbonyl (C=O) groups is 1. The summed E-state index contributed by atoms with van der Waals surface area (Å²) in [7, 11) is 0. The second-order valence-corrected chi connectivity index (χ2v) is 5.32. The van der Waals surface area contributed by atoms with Gasteiger partial charge in [0.05, 0.1) is 0 Å². The minimum absolute atomic E-state index is 0.0466. The molecule has 92 valence electrons. The van der Waals surface area contributed by atoms with Crippen molar-refractivity contribution in [2.75, 3.05) is 0 Å². The molecule has 1 aromatic rings. The van der Waals surface area contributed by atoms with Crippen molar-refractivity contribution < 1.29 is 4.79 Å². The summed E-state index contributed by atoms with van der Waals surface area (Å²) in [4.78, 5) is 13.0. The van der Waals surface area contributed by atoms with Crippen LogP contribution in [0, 0.1) is 6.92 Å².